The van der Waals surface area contributed by atoms with Gasteiger partial charge in [0.15, 0.2) is 5.96 Å². The fourth-order valence-electron chi connectivity index (χ4n) is 5.16. The minimum atomic E-state index is 0. The molecule has 0 bridgehead atoms. The molecule has 0 spiro atoms. The van der Waals surface area contributed by atoms with E-state index in [0.29, 0.717) is 5.92 Å². The zero-order chi connectivity index (χ0) is 22.5. The van der Waals surface area contributed by atoms with E-state index < -0.39 is 0 Å². The van der Waals surface area contributed by atoms with Gasteiger partial charge in [-0.05, 0) is 68.7 Å². The summed E-state index contributed by atoms with van der Waals surface area (Å²) >= 11 is 0. The van der Waals surface area contributed by atoms with Gasteiger partial charge in [-0.1, -0.05) is 12.1 Å². The van der Waals surface area contributed by atoms with Crippen molar-refractivity contribution in [2.75, 3.05) is 53.9 Å². The predicted octanol–water partition coefficient (Wildman–Crippen LogP) is 2.84. The Bertz CT molecular complexity index is 796. The number of nitrogens with zero attached hydrogens (tertiary/aromatic N) is 4. The molecule has 1 amide bonds. The highest BCUT2D eigenvalue weighted by molar-refractivity contribution is 14.0. The van der Waals surface area contributed by atoms with Crippen LogP contribution in [-0.4, -0.2) is 92.6 Å². The Morgan fingerprint density at radius 1 is 1.15 bits per heavy atom. The van der Waals surface area contributed by atoms with Gasteiger partial charge >= 0.3 is 0 Å². The van der Waals surface area contributed by atoms with Crippen molar-refractivity contribution in [3.8, 4) is 5.75 Å². The van der Waals surface area contributed by atoms with E-state index >= 15 is 0 Å². The van der Waals surface area contributed by atoms with E-state index in [1.165, 1.54) is 44.2 Å². The summed E-state index contributed by atoms with van der Waals surface area (Å²) in [6, 6.07) is 9.79. The number of aliphatic imine (C=N–C) groups is 1. The zero-order valence-electron chi connectivity index (χ0n) is 20.3. The first-order chi connectivity index (χ1) is 15.5. The fourth-order valence-corrected chi connectivity index (χ4v) is 5.16. The van der Waals surface area contributed by atoms with Crippen LogP contribution in [0.3, 0.4) is 0 Å². The summed E-state index contributed by atoms with van der Waals surface area (Å²) in [6.45, 7) is 4.31. The van der Waals surface area contributed by atoms with E-state index in [4.69, 9.17) is 9.73 Å². The molecule has 3 aliphatic rings. The number of guanidine groups is 1. The van der Waals surface area contributed by atoms with Gasteiger partial charge in [-0.15, -0.1) is 24.0 Å². The molecule has 1 aliphatic carbocycles. The molecule has 1 aromatic carbocycles. The average molecular weight is 570 g/mol. The van der Waals surface area contributed by atoms with Crippen LogP contribution in [0.2, 0.25) is 0 Å². The lowest BCUT2D eigenvalue weighted by Crippen LogP contribution is -2.57. The van der Waals surface area contributed by atoms with Gasteiger partial charge in [0.25, 0.3) is 0 Å². The molecule has 8 heteroatoms. The lowest BCUT2D eigenvalue weighted by molar-refractivity contribution is -0.127. The third kappa shape index (κ3) is 6.97. The number of nitrogens with one attached hydrogen (secondary N) is 1. The van der Waals surface area contributed by atoms with Gasteiger partial charge in [0.2, 0.25) is 5.91 Å². The minimum absolute atomic E-state index is 0. The van der Waals surface area contributed by atoms with Crippen molar-refractivity contribution in [2.45, 2.75) is 50.6 Å². The van der Waals surface area contributed by atoms with Gasteiger partial charge in [0.05, 0.1) is 7.11 Å². The first kappa shape index (κ1) is 26.1. The van der Waals surface area contributed by atoms with Crippen molar-refractivity contribution >= 4 is 35.8 Å². The van der Waals surface area contributed by atoms with Crippen LogP contribution in [0.25, 0.3) is 0 Å². The van der Waals surface area contributed by atoms with Crippen LogP contribution in [0.1, 0.15) is 37.7 Å². The number of amides is 1. The summed E-state index contributed by atoms with van der Waals surface area (Å²) in [7, 11) is 5.26. The third-order valence-electron chi connectivity index (χ3n) is 7.15. The quantitative estimate of drug-likeness (QED) is 0.311. The Morgan fingerprint density at radius 2 is 1.91 bits per heavy atom. The van der Waals surface area contributed by atoms with E-state index in [1.54, 1.807) is 26.1 Å². The Morgan fingerprint density at radius 3 is 2.58 bits per heavy atom. The Balaban J connectivity index is 0.00000306. The Hall–Kier alpha value is -1.55. The number of benzene rings is 1. The number of likely N-dealkylation sites (tertiary alicyclic amines) is 2. The maximum atomic E-state index is 12.2. The topological polar surface area (TPSA) is 60.4 Å². The summed E-state index contributed by atoms with van der Waals surface area (Å²) in [5.74, 6) is 2.50. The normalized spacial score (nSPS) is 23.4. The SMILES string of the molecule is COc1ccc(CCNC(=NCC(=O)N(C)C)N2CCC3C(CCCN3C3CC3)C2)cc1.I. The molecule has 184 valence electrons. The van der Waals surface area contributed by atoms with Gasteiger partial charge < -0.3 is 19.9 Å². The smallest absolute Gasteiger partial charge is 0.243 e. The highest BCUT2D eigenvalue weighted by Gasteiger charge is 2.42. The molecule has 1 saturated carbocycles. The zero-order valence-corrected chi connectivity index (χ0v) is 22.7. The Labute approximate surface area is 215 Å². The first-order valence-corrected chi connectivity index (χ1v) is 12.2. The monoisotopic (exact) mass is 569 g/mol. The lowest BCUT2D eigenvalue weighted by Gasteiger charge is -2.48. The fraction of sp³-hybridized carbons (Fsp3) is 0.680. The number of carbonyl (C=O) groups excluding carboxylic acids is 1. The molecule has 0 radical (unpaired) electrons. The van der Waals surface area contributed by atoms with Crippen LogP contribution < -0.4 is 10.1 Å². The number of likely N-dealkylation sites (N-methyl/N-ethyl adjacent to an activating group) is 1. The number of hydrogen-bond acceptors (Lipinski definition) is 4. The molecule has 1 N–H and O–H groups in total. The van der Waals surface area contributed by atoms with Gasteiger partial charge in [-0.2, -0.15) is 0 Å². The van der Waals surface area contributed by atoms with E-state index in [1.807, 2.05) is 12.1 Å². The summed E-state index contributed by atoms with van der Waals surface area (Å²) in [6.07, 6.45) is 7.49. The second-order valence-electron chi connectivity index (χ2n) is 9.63. The molecular formula is C25H40IN5O2. The van der Waals surface area contributed by atoms with Crippen LogP contribution in [-0.2, 0) is 11.2 Å². The van der Waals surface area contributed by atoms with E-state index in [0.717, 1.165) is 49.8 Å². The second-order valence-corrected chi connectivity index (χ2v) is 9.63. The summed E-state index contributed by atoms with van der Waals surface area (Å²) < 4.78 is 5.25. The van der Waals surface area contributed by atoms with Crippen molar-refractivity contribution in [3.63, 3.8) is 0 Å². The maximum absolute atomic E-state index is 12.2. The number of ether oxygens (including phenoxy) is 1. The number of rotatable bonds is 7. The van der Waals surface area contributed by atoms with E-state index in [9.17, 15) is 4.79 Å². The highest BCUT2D eigenvalue weighted by atomic mass is 127. The van der Waals surface area contributed by atoms with Crippen molar-refractivity contribution in [1.29, 1.82) is 0 Å². The summed E-state index contributed by atoms with van der Waals surface area (Å²) in [4.78, 5) is 23.7. The Kier molecular flexibility index (Phi) is 9.67. The molecule has 2 heterocycles. The number of hydrogen-bond donors (Lipinski definition) is 1. The molecule has 2 saturated heterocycles. The molecule has 0 aromatic heterocycles. The van der Waals surface area contributed by atoms with Gasteiger partial charge in [0.1, 0.15) is 12.3 Å². The molecule has 1 aromatic rings. The van der Waals surface area contributed by atoms with Crippen LogP contribution in [0, 0.1) is 5.92 Å². The predicted molar refractivity (Wildman–Crippen MR) is 144 cm³/mol. The van der Waals surface area contributed by atoms with Crippen LogP contribution in [0.15, 0.2) is 29.3 Å². The van der Waals surface area contributed by atoms with Crippen LogP contribution in [0.5, 0.6) is 5.75 Å². The lowest BCUT2D eigenvalue weighted by atomic mass is 9.83. The summed E-state index contributed by atoms with van der Waals surface area (Å²) in [5.41, 5.74) is 1.26. The molecule has 33 heavy (non-hydrogen) atoms. The minimum Gasteiger partial charge on any atom is -0.497 e. The van der Waals surface area contributed by atoms with Crippen LogP contribution in [0.4, 0.5) is 0 Å². The largest absolute Gasteiger partial charge is 0.497 e. The molecule has 2 unspecified atom stereocenters. The van der Waals surface area contributed by atoms with Crippen LogP contribution >= 0.6 is 24.0 Å². The second kappa shape index (κ2) is 12.2. The molecule has 2 aliphatic heterocycles. The molecule has 7 nitrogen and oxygen atoms in total. The van der Waals surface area contributed by atoms with Gasteiger partial charge in [-0.25, -0.2) is 4.99 Å². The standard InChI is InChI=1S/C25H39N5O2.HI/c1-28(2)24(31)17-27-25(26-14-12-19-6-10-22(32-3)11-7-19)29-16-13-23-20(18-29)5-4-15-30(23)21-8-9-21;/h6-7,10-11,20-21,23H,4-5,8-9,12-18H2,1-3H3,(H,26,27);1H. The van der Waals surface area contributed by atoms with Crippen molar-refractivity contribution in [3.05, 3.63) is 29.8 Å². The molecule has 2 atom stereocenters. The van der Waals surface area contributed by atoms with Gasteiger partial charge in [0, 0.05) is 45.8 Å². The number of carbonyl (C=O) groups is 1. The summed E-state index contributed by atoms with van der Waals surface area (Å²) in [5, 5.41) is 3.56. The maximum Gasteiger partial charge on any atom is 0.243 e. The molecule has 3 fully saturated rings. The first-order valence-electron chi connectivity index (χ1n) is 12.2. The van der Waals surface area contributed by atoms with Crippen molar-refractivity contribution in [2.24, 2.45) is 10.9 Å². The van der Waals surface area contributed by atoms with E-state index in [2.05, 4.69) is 27.2 Å². The number of methoxy groups -OCH3 is 1. The van der Waals surface area contributed by atoms with Crippen molar-refractivity contribution < 1.29 is 9.53 Å². The molecular weight excluding hydrogens is 529 g/mol. The van der Waals surface area contributed by atoms with Gasteiger partial charge in [-0.3, -0.25) is 9.69 Å². The third-order valence-corrected chi connectivity index (χ3v) is 7.15. The van der Waals surface area contributed by atoms with Crippen molar-refractivity contribution in [1.82, 2.24) is 20.0 Å². The number of halogens is 1. The molecule has 4 rings (SSSR count). The number of piperidine rings is 2. The number of fused-ring (bicyclic) bond motifs is 1. The average Bonchev–Trinajstić information content (AvgIpc) is 3.66. The highest BCUT2D eigenvalue weighted by Crippen LogP contribution is 2.38. The van der Waals surface area contributed by atoms with E-state index in [-0.39, 0.29) is 36.4 Å².